The van der Waals surface area contributed by atoms with E-state index in [1.54, 1.807) is 12.3 Å². The van der Waals surface area contributed by atoms with E-state index in [1.807, 2.05) is 19.1 Å². The molecule has 0 amide bonds. The molecule has 0 bridgehead atoms. The minimum absolute atomic E-state index is 0.829. The normalized spacial score (nSPS) is 19.6. The number of allylic oxidation sites excluding steroid dienone is 3. The van der Waals surface area contributed by atoms with Crippen LogP contribution >= 0.6 is 0 Å². The Hall–Kier alpha value is -1.66. The lowest BCUT2D eigenvalue weighted by atomic mass is 10.1. The third kappa shape index (κ3) is 1.81. The van der Waals surface area contributed by atoms with Gasteiger partial charge in [-0.3, -0.25) is 4.98 Å². The van der Waals surface area contributed by atoms with Gasteiger partial charge in [-0.1, -0.05) is 6.07 Å². The van der Waals surface area contributed by atoms with Crippen LogP contribution in [0.25, 0.3) is 5.57 Å². The minimum Gasteiger partial charge on any atom is -0.255 e. The van der Waals surface area contributed by atoms with Gasteiger partial charge in [0, 0.05) is 11.8 Å². The Morgan fingerprint density at radius 2 is 2.29 bits per heavy atom. The van der Waals surface area contributed by atoms with Crippen molar-refractivity contribution in [2.24, 2.45) is 0 Å². The third-order valence-electron chi connectivity index (χ3n) is 2.03. The third-order valence-corrected chi connectivity index (χ3v) is 2.03. The summed E-state index contributed by atoms with van der Waals surface area (Å²) in [4.78, 5) is 4.23. The second-order valence-electron chi connectivity index (χ2n) is 3.25. The highest BCUT2D eigenvalue weighted by Crippen LogP contribution is 2.16. The van der Waals surface area contributed by atoms with Crippen LogP contribution in [0.5, 0.6) is 0 Å². The van der Waals surface area contributed by atoms with Crippen molar-refractivity contribution in [2.45, 2.75) is 13.1 Å². The highest BCUT2D eigenvalue weighted by Gasteiger charge is 2.04. The van der Waals surface area contributed by atoms with Crippen LogP contribution in [0.15, 0.2) is 42.3 Å². The molecule has 14 heavy (non-hydrogen) atoms. The molecule has 1 atom stereocenters. The molecule has 0 aliphatic heterocycles. The predicted molar refractivity (Wildman–Crippen MR) is 54.5 cm³/mol. The lowest BCUT2D eigenvalue weighted by Gasteiger charge is -2.03. The summed E-state index contributed by atoms with van der Waals surface area (Å²) in [6.45, 7) is 1.98. The molecule has 1 heterocycles. The Morgan fingerprint density at radius 1 is 1.43 bits per heavy atom. The lowest BCUT2D eigenvalue weighted by molar-refractivity contribution is 0.469. The van der Waals surface area contributed by atoms with Gasteiger partial charge in [-0.25, -0.2) is 4.39 Å². The first-order valence-electron chi connectivity index (χ1n) is 4.48. The maximum Gasteiger partial charge on any atom is 0.144 e. The van der Waals surface area contributed by atoms with Gasteiger partial charge in [0.15, 0.2) is 0 Å². The van der Waals surface area contributed by atoms with E-state index in [-0.39, 0.29) is 0 Å². The number of nitrogens with zero attached hydrogens (tertiary/aromatic N) is 1. The summed E-state index contributed by atoms with van der Waals surface area (Å²) in [5, 5.41) is 0. The molecule has 70 valence electrons. The van der Waals surface area contributed by atoms with Crippen LogP contribution in [-0.2, 0) is 0 Å². The Labute approximate surface area is 82.3 Å². The van der Waals surface area contributed by atoms with Crippen LogP contribution in [0.2, 0.25) is 0 Å². The highest BCUT2D eigenvalue weighted by molar-refractivity contribution is 5.72. The van der Waals surface area contributed by atoms with Crippen molar-refractivity contribution in [3.8, 4) is 0 Å². The molecule has 0 radical (unpaired) electrons. The monoisotopic (exact) mass is 187 g/mol. The zero-order valence-corrected chi connectivity index (χ0v) is 7.87. The zero-order valence-electron chi connectivity index (χ0n) is 7.87. The van der Waals surface area contributed by atoms with Crippen molar-refractivity contribution in [1.82, 2.24) is 4.98 Å². The smallest absolute Gasteiger partial charge is 0.144 e. The fourth-order valence-corrected chi connectivity index (χ4v) is 1.25. The van der Waals surface area contributed by atoms with Crippen LogP contribution in [0, 0.1) is 6.92 Å². The molecule has 1 aromatic heterocycles. The van der Waals surface area contributed by atoms with Crippen LogP contribution in [-0.4, -0.2) is 11.2 Å². The van der Waals surface area contributed by atoms with E-state index in [4.69, 9.17) is 0 Å². The molecule has 0 fully saturated rings. The molecule has 1 unspecified atom stereocenters. The molecule has 0 N–H and O–H groups in total. The average molecular weight is 187 g/mol. The summed E-state index contributed by atoms with van der Waals surface area (Å²) in [5.74, 6) is 0. The van der Waals surface area contributed by atoms with E-state index in [0.717, 1.165) is 16.8 Å². The Morgan fingerprint density at radius 3 is 2.86 bits per heavy atom. The maximum atomic E-state index is 12.7. The first-order valence-corrected chi connectivity index (χ1v) is 4.48. The summed E-state index contributed by atoms with van der Waals surface area (Å²) in [5.41, 5.74) is 5.65. The number of rotatable bonds is 1. The highest BCUT2D eigenvalue weighted by atomic mass is 19.1. The summed E-state index contributed by atoms with van der Waals surface area (Å²) in [6, 6.07) is 3.89. The molecule has 0 saturated carbocycles. The largest absolute Gasteiger partial charge is 0.255 e. The maximum absolute atomic E-state index is 12.7. The number of aromatic nitrogens is 1. The number of hydrogen-bond acceptors (Lipinski definition) is 1. The quantitative estimate of drug-likeness (QED) is 0.616. The van der Waals surface area contributed by atoms with E-state index < -0.39 is 6.17 Å². The molecule has 0 saturated heterocycles. The zero-order chi connectivity index (χ0) is 9.97. The SMILES string of the molecule is Cc1ccc(C2=C=CC(F)C=C2)nc1. The molecule has 2 rings (SSSR count). The van der Waals surface area contributed by atoms with E-state index in [0.29, 0.717) is 0 Å². The summed E-state index contributed by atoms with van der Waals surface area (Å²) in [7, 11) is 0. The van der Waals surface area contributed by atoms with Crippen LogP contribution < -0.4 is 0 Å². The average Bonchev–Trinajstić information content (AvgIpc) is 2.21. The Balaban J connectivity index is 2.38. The molecule has 2 heteroatoms. The van der Waals surface area contributed by atoms with Gasteiger partial charge in [0.25, 0.3) is 0 Å². The van der Waals surface area contributed by atoms with Gasteiger partial charge in [-0.2, -0.15) is 0 Å². The van der Waals surface area contributed by atoms with E-state index in [1.165, 1.54) is 12.2 Å². The summed E-state index contributed by atoms with van der Waals surface area (Å²) in [6.07, 6.45) is 5.38. The standard InChI is InChI=1S/C12H10FN/c1-9-2-7-12(14-8-9)10-3-5-11(13)6-4-10/h2-3,5-8,11H,1H3. The number of hydrogen-bond donors (Lipinski definition) is 0. The van der Waals surface area contributed by atoms with Gasteiger partial charge in [0.05, 0.1) is 5.69 Å². The fraction of sp³-hybridized carbons (Fsp3) is 0.167. The van der Waals surface area contributed by atoms with Crippen molar-refractivity contribution in [2.75, 3.05) is 0 Å². The van der Waals surface area contributed by atoms with Gasteiger partial charge in [-0.15, -0.1) is 5.73 Å². The Bertz CT molecular complexity index is 422. The van der Waals surface area contributed by atoms with Gasteiger partial charge in [0.1, 0.15) is 6.17 Å². The van der Waals surface area contributed by atoms with Gasteiger partial charge in [-0.05, 0) is 36.8 Å². The van der Waals surface area contributed by atoms with Crippen molar-refractivity contribution >= 4 is 5.57 Å². The van der Waals surface area contributed by atoms with Gasteiger partial charge in [0.2, 0.25) is 0 Å². The van der Waals surface area contributed by atoms with E-state index >= 15 is 0 Å². The molecule has 1 aliphatic carbocycles. The van der Waals surface area contributed by atoms with Crippen LogP contribution in [0.4, 0.5) is 4.39 Å². The lowest BCUT2D eigenvalue weighted by Crippen LogP contribution is -1.94. The van der Waals surface area contributed by atoms with Crippen molar-refractivity contribution in [1.29, 1.82) is 0 Å². The molecule has 1 aromatic rings. The van der Waals surface area contributed by atoms with Crippen LogP contribution in [0.3, 0.4) is 0 Å². The molecule has 0 aromatic carbocycles. The molecule has 1 aliphatic rings. The second-order valence-corrected chi connectivity index (χ2v) is 3.25. The topological polar surface area (TPSA) is 12.9 Å². The molecular formula is C12H10FN. The van der Waals surface area contributed by atoms with Crippen molar-refractivity contribution < 1.29 is 4.39 Å². The van der Waals surface area contributed by atoms with Crippen molar-refractivity contribution in [3.05, 3.63) is 53.5 Å². The summed E-state index contributed by atoms with van der Waals surface area (Å²) < 4.78 is 12.7. The van der Waals surface area contributed by atoms with Crippen molar-refractivity contribution in [3.63, 3.8) is 0 Å². The van der Waals surface area contributed by atoms with E-state index in [9.17, 15) is 4.39 Å². The Kier molecular flexibility index (Phi) is 2.30. The number of halogens is 1. The first-order chi connectivity index (χ1) is 6.75. The molecule has 1 nitrogen and oxygen atoms in total. The summed E-state index contributed by atoms with van der Waals surface area (Å²) >= 11 is 0. The predicted octanol–water partition coefficient (Wildman–Crippen LogP) is 2.84. The van der Waals surface area contributed by atoms with E-state index in [2.05, 4.69) is 10.7 Å². The number of aryl methyl sites for hydroxylation is 1. The molecule has 0 spiro atoms. The fourth-order valence-electron chi connectivity index (χ4n) is 1.25. The van der Waals surface area contributed by atoms with Gasteiger partial charge >= 0.3 is 0 Å². The minimum atomic E-state index is -1.01. The molecular weight excluding hydrogens is 177 g/mol. The van der Waals surface area contributed by atoms with Crippen LogP contribution in [0.1, 0.15) is 11.3 Å². The number of alkyl halides is 1. The first kappa shape index (κ1) is 8.92. The van der Waals surface area contributed by atoms with Gasteiger partial charge < -0.3 is 0 Å². The number of pyridine rings is 1. The second kappa shape index (κ2) is 3.60.